The van der Waals surface area contributed by atoms with Gasteiger partial charge in [-0.15, -0.1) is 0 Å². The molecule has 2 N–H and O–H groups in total. The third-order valence-electron chi connectivity index (χ3n) is 10.3. The van der Waals surface area contributed by atoms with E-state index in [1.807, 2.05) is 69.0 Å². The van der Waals surface area contributed by atoms with E-state index in [-0.39, 0.29) is 17.6 Å². The zero-order valence-corrected chi connectivity index (χ0v) is 33.5. The molecule has 6 nitrogen and oxygen atoms in total. The van der Waals surface area contributed by atoms with Crippen LogP contribution in [0.3, 0.4) is 0 Å². The van der Waals surface area contributed by atoms with E-state index >= 15 is 0 Å². The van der Waals surface area contributed by atoms with Gasteiger partial charge in [0.2, 0.25) is 5.91 Å². The summed E-state index contributed by atoms with van der Waals surface area (Å²) in [6, 6.07) is 19.2. The molecule has 0 aromatic heterocycles. The van der Waals surface area contributed by atoms with Crippen LogP contribution >= 0.6 is 0 Å². The van der Waals surface area contributed by atoms with Crippen molar-refractivity contribution in [1.82, 2.24) is 4.90 Å². The Morgan fingerprint density at radius 3 is 2.21 bits per heavy atom. The predicted molar refractivity (Wildman–Crippen MR) is 222 cm³/mol. The number of amides is 1. The minimum atomic E-state index is -0.266. The average Bonchev–Trinajstić information content (AvgIpc) is 3.83. The quantitative estimate of drug-likeness (QED) is 0.137. The number of halogens is 1. The number of hydrogen-bond acceptors (Lipinski definition) is 4. The second kappa shape index (κ2) is 22.7. The summed E-state index contributed by atoms with van der Waals surface area (Å²) in [5.41, 5.74) is 7.49. The first-order valence-corrected chi connectivity index (χ1v) is 19.8. The molecule has 0 radical (unpaired) electrons. The largest absolute Gasteiger partial charge is 0.360 e. The molecule has 2 aliphatic rings. The molecular formula is C45H66FN5O. The van der Waals surface area contributed by atoms with Gasteiger partial charge in [-0.25, -0.2) is 4.39 Å². The fourth-order valence-electron chi connectivity index (χ4n) is 7.34. The third kappa shape index (κ3) is 11.7. The Bertz CT molecular complexity index is 1570. The van der Waals surface area contributed by atoms with Crippen LogP contribution in [0.25, 0.3) is 11.1 Å². The number of carbonyl (C=O) groups excluding carboxylic acids is 1. The van der Waals surface area contributed by atoms with Gasteiger partial charge in [0.05, 0.1) is 0 Å². The van der Waals surface area contributed by atoms with Crippen molar-refractivity contribution in [2.45, 2.75) is 113 Å². The Morgan fingerprint density at radius 2 is 1.65 bits per heavy atom. The summed E-state index contributed by atoms with van der Waals surface area (Å²) in [7, 11) is 0. The fourth-order valence-corrected chi connectivity index (χ4v) is 7.34. The zero-order chi connectivity index (χ0) is 38.7. The molecule has 1 amide bonds. The average molecular weight is 712 g/mol. The van der Waals surface area contributed by atoms with Crippen LogP contribution in [0.2, 0.25) is 0 Å². The van der Waals surface area contributed by atoms with Gasteiger partial charge in [-0.05, 0) is 121 Å². The molecule has 0 bridgehead atoms. The molecule has 7 heteroatoms. The number of hydrogen-bond donors (Lipinski definition) is 2. The van der Waals surface area contributed by atoms with Crippen molar-refractivity contribution < 1.29 is 9.18 Å². The Labute approximate surface area is 315 Å². The molecule has 0 aliphatic carbocycles. The number of likely N-dealkylation sites (tertiary alicyclic amines) is 1. The minimum absolute atomic E-state index is 0.0954. The van der Waals surface area contributed by atoms with Crippen molar-refractivity contribution in [2.75, 3.05) is 31.1 Å². The first-order valence-electron chi connectivity index (χ1n) is 19.8. The molecule has 5 rings (SSSR count). The summed E-state index contributed by atoms with van der Waals surface area (Å²) >= 11 is 0. The van der Waals surface area contributed by atoms with Gasteiger partial charge in [0.15, 0.2) is 0 Å². The van der Waals surface area contributed by atoms with E-state index in [1.54, 1.807) is 6.07 Å². The van der Waals surface area contributed by atoms with Crippen molar-refractivity contribution in [1.29, 1.82) is 10.8 Å². The molecule has 2 fully saturated rings. The topological polar surface area (TPSA) is 83.6 Å². The van der Waals surface area contributed by atoms with E-state index in [1.165, 1.54) is 30.7 Å². The van der Waals surface area contributed by atoms with E-state index in [2.05, 4.69) is 56.4 Å². The summed E-state index contributed by atoms with van der Waals surface area (Å²) < 4.78 is 14.4. The highest BCUT2D eigenvalue weighted by Crippen LogP contribution is 2.39. The summed E-state index contributed by atoms with van der Waals surface area (Å²) in [6.07, 6.45) is 10.1. The molecule has 2 saturated heterocycles. The molecule has 2 aliphatic heterocycles. The monoisotopic (exact) mass is 712 g/mol. The van der Waals surface area contributed by atoms with Crippen molar-refractivity contribution in [2.24, 2.45) is 16.3 Å². The maximum Gasteiger partial charge on any atom is 0.227 e. The molecule has 0 spiro atoms. The number of benzene rings is 3. The molecule has 0 saturated carbocycles. The lowest BCUT2D eigenvalue weighted by Gasteiger charge is -2.30. The number of aryl methyl sites for hydroxylation is 2. The summed E-state index contributed by atoms with van der Waals surface area (Å²) in [4.78, 5) is 19.8. The van der Waals surface area contributed by atoms with E-state index in [4.69, 9.17) is 10.8 Å². The number of amidine groups is 1. The fraction of sp³-hybridized carbons (Fsp3) is 0.511. The van der Waals surface area contributed by atoms with Crippen molar-refractivity contribution >= 4 is 30.4 Å². The van der Waals surface area contributed by atoms with Gasteiger partial charge < -0.3 is 20.2 Å². The summed E-state index contributed by atoms with van der Waals surface area (Å²) in [5, 5.41) is 16.6. The van der Waals surface area contributed by atoms with Crippen molar-refractivity contribution in [3.05, 3.63) is 88.7 Å². The number of nitrogens with one attached hydrogen (secondary N) is 2. The second-order valence-electron chi connectivity index (χ2n) is 13.4. The number of aliphatic imine (C=N–C) groups is 1. The van der Waals surface area contributed by atoms with E-state index < -0.39 is 0 Å². The van der Waals surface area contributed by atoms with Crippen LogP contribution in [0.5, 0.6) is 0 Å². The van der Waals surface area contributed by atoms with Gasteiger partial charge in [0, 0.05) is 50.4 Å². The van der Waals surface area contributed by atoms with Gasteiger partial charge in [0.1, 0.15) is 11.7 Å². The van der Waals surface area contributed by atoms with Crippen LogP contribution in [-0.2, 0) is 24.1 Å². The summed E-state index contributed by atoms with van der Waals surface area (Å²) in [5.74, 6) is 0.525. The zero-order valence-electron chi connectivity index (χ0n) is 33.5. The van der Waals surface area contributed by atoms with Crippen LogP contribution in [0.15, 0.2) is 65.7 Å². The first-order chi connectivity index (χ1) is 25.2. The second-order valence-corrected chi connectivity index (χ2v) is 13.4. The normalized spacial score (nSPS) is 16.8. The van der Waals surface area contributed by atoms with Crippen LogP contribution < -0.4 is 4.90 Å². The molecule has 2 heterocycles. The van der Waals surface area contributed by atoms with Crippen molar-refractivity contribution in [3.8, 4) is 11.1 Å². The molecule has 3 aromatic rings. The summed E-state index contributed by atoms with van der Waals surface area (Å²) in [6.45, 7) is 23.7. The maximum absolute atomic E-state index is 14.4. The molecule has 52 heavy (non-hydrogen) atoms. The standard InChI is InChI=1S/C29H39FN4.C12H15NO.2C2H6/c1-5-12-29(7-3)13-14-34(20-29)28(32)24(19-33-4)16-23-9-10-25(30)17-27(23)26-11-8-21(18-31)15-22(26)6-2;1-2-10-5-7-11(8-6-10)13-9-3-4-12(13)14;2*1-2/h8-11,15,17-18,24,31-32H,4-7,12-14,16,19-20H2,1-3H3;5-8H,2-4,9H2,1H3;2*1-2H3. The minimum Gasteiger partial charge on any atom is -0.360 e. The Kier molecular flexibility index (Phi) is 19.2. The number of rotatable bonds is 13. The Morgan fingerprint density at radius 1 is 0.942 bits per heavy atom. The third-order valence-corrected chi connectivity index (χ3v) is 10.3. The first kappa shape index (κ1) is 44.0. The van der Waals surface area contributed by atoms with Crippen LogP contribution in [0.1, 0.15) is 116 Å². The molecule has 2 atom stereocenters. The molecule has 3 aromatic carbocycles. The molecule has 284 valence electrons. The number of carbonyl (C=O) groups is 1. The van der Waals surface area contributed by atoms with E-state index in [9.17, 15) is 9.18 Å². The van der Waals surface area contributed by atoms with Gasteiger partial charge in [-0.2, -0.15) is 0 Å². The lowest BCUT2D eigenvalue weighted by molar-refractivity contribution is -0.117. The Balaban J connectivity index is 0.000000430. The van der Waals surface area contributed by atoms with E-state index in [0.29, 0.717) is 30.6 Å². The highest BCUT2D eigenvalue weighted by Gasteiger charge is 2.38. The number of nitrogens with zero attached hydrogens (tertiary/aromatic N) is 3. The SMILES string of the molecule is C=NCC(Cc1ccc(F)cc1-c1ccc(C=N)cc1CC)C(=N)N1CCC(CC)(CCC)C1.CC.CC.CCc1ccc(N2CCCC2=O)cc1. The lowest BCUT2D eigenvalue weighted by atomic mass is 9.80. The Hall–Kier alpha value is -4.13. The van der Waals surface area contributed by atoms with Crippen LogP contribution in [0, 0.1) is 28.0 Å². The van der Waals surface area contributed by atoms with Crippen LogP contribution in [0.4, 0.5) is 10.1 Å². The van der Waals surface area contributed by atoms with Crippen LogP contribution in [-0.4, -0.2) is 55.8 Å². The van der Waals surface area contributed by atoms with Gasteiger partial charge >= 0.3 is 0 Å². The van der Waals surface area contributed by atoms with Gasteiger partial charge in [-0.1, -0.05) is 92.1 Å². The molecular weight excluding hydrogens is 646 g/mol. The highest BCUT2D eigenvalue weighted by molar-refractivity contribution is 5.95. The van der Waals surface area contributed by atoms with Gasteiger partial charge in [0.25, 0.3) is 0 Å². The maximum atomic E-state index is 14.4. The van der Waals surface area contributed by atoms with Crippen molar-refractivity contribution in [3.63, 3.8) is 0 Å². The lowest BCUT2D eigenvalue weighted by Crippen LogP contribution is -2.38. The molecule has 2 unspecified atom stereocenters. The number of anilines is 1. The predicted octanol–water partition coefficient (Wildman–Crippen LogP) is 11.2. The van der Waals surface area contributed by atoms with Gasteiger partial charge in [-0.3, -0.25) is 10.2 Å². The smallest absolute Gasteiger partial charge is 0.227 e. The van der Waals surface area contributed by atoms with E-state index in [0.717, 1.165) is 85.2 Å². The highest BCUT2D eigenvalue weighted by atomic mass is 19.1.